The number of ether oxygens (including phenoxy) is 3. The highest BCUT2D eigenvalue weighted by Gasteiger charge is 2.18. The smallest absolute Gasteiger partial charge is 0.228 e. The average Bonchev–Trinajstić information content (AvgIpc) is 2.61. The fraction of sp³-hybridized carbons (Fsp3) is 0.333. The lowest BCUT2D eigenvalue weighted by Crippen LogP contribution is -2.16. The van der Waals surface area contributed by atoms with Gasteiger partial charge in [-0.05, 0) is 18.2 Å². The molecule has 0 spiro atoms. The van der Waals surface area contributed by atoms with Crippen LogP contribution in [0.4, 0.5) is 11.5 Å². The molecule has 25 heavy (non-hydrogen) atoms. The molecule has 0 unspecified atom stereocenters. The molecule has 2 rings (SSSR count). The summed E-state index contributed by atoms with van der Waals surface area (Å²) >= 11 is 0. The van der Waals surface area contributed by atoms with E-state index in [-0.39, 0.29) is 12.3 Å². The molecule has 0 fully saturated rings. The van der Waals surface area contributed by atoms with Crippen molar-refractivity contribution in [3.05, 3.63) is 36.0 Å². The molecular formula is C18H23N3O4. The second kappa shape index (κ2) is 8.23. The minimum absolute atomic E-state index is 0.138. The lowest BCUT2D eigenvalue weighted by molar-refractivity contribution is -0.115. The third kappa shape index (κ3) is 4.32. The minimum Gasteiger partial charge on any atom is -0.493 e. The summed E-state index contributed by atoms with van der Waals surface area (Å²) in [7, 11) is 8.42. The van der Waals surface area contributed by atoms with E-state index in [1.165, 1.54) is 14.2 Å². The molecule has 2 aromatic rings. The van der Waals surface area contributed by atoms with Crippen molar-refractivity contribution in [2.24, 2.45) is 0 Å². The molecule has 0 radical (unpaired) electrons. The summed E-state index contributed by atoms with van der Waals surface area (Å²) < 4.78 is 16.0. The van der Waals surface area contributed by atoms with Gasteiger partial charge in [-0.2, -0.15) is 0 Å². The van der Waals surface area contributed by atoms with Crippen molar-refractivity contribution in [3.8, 4) is 17.2 Å². The van der Waals surface area contributed by atoms with Crippen LogP contribution in [0.3, 0.4) is 0 Å². The Hall–Kier alpha value is -2.96. The SMILES string of the molecule is COc1ccc(CC(=O)Nc2ccc(N(C)C)nc2)c(OC)c1OC. The number of benzene rings is 1. The van der Waals surface area contributed by atoms with Gasteiger partial charge >= 0.3 is 0 Å². The van der Waals surface area contributed by atoms with Gasteiger partial charge in [0.15, 0.2) is 11.5 Å². The van der Waals surface area contributed by atoms with Gasteiger partial charge in [-0.1, -0.05) is 6.07 Å². The molecule has 1 amide bonds. The highest BCUT2D eigenvalue weighted by Crippen LogP contribution is 2.39. The Kier molecular flexibility index (Phi) is 6.05. The van der Waals surface area contributed by atoms with E-state index in [4.69, 9.17) is 14.2 Å². The second-order valence-electron chi connectivity index (χ2n) is 5.52. The van der Waals surface area contributed by atoms with Crippen LogP contribution in [-0.2, 0) is 11.2 Å². The van der Waals surface area contributed by atoms with Gasteiger partial charge in [0.1, 0.15) is 5.82 Å². The van der Waals surface area contributed by atoms with E-state index in [0.29, 0.717) is 28.5 Å². The number of hydrogen-bond acceptors (Lipinski definition) is 6. The van der Waals surface area contributed by atoms with E-state index in [1.54, 1.807) is 25.4 Å². The molecule has 1 N–H and O–H groups in total. The van der Waals surface area contributed by atoms with Crippen LogP contribution in [0.25, 0.3) is 0 Å². The first-order valence-electron chi connectivity index (χ1n) is 7.71. The third-order valence-electron chi connectivity index (χ3n) is 3.63. The number of carbonyl (C=O) groups excluding carboxylic acids is 1. The third-order valence-corrected chi connectivity index (χ3v) is 3.63. The van der Waals surface area contributed by atoms with Crippen molar-refractivity contribution < 1.29 is 19.0 Å². The van der Waals surface area contributed by atoms with Gasteiger partial charge in [-0.25, -0.2) is 4.98 Å². The number of pyridine rings is 1. The highest BCUT2D eigenvalue weighted by atomic mass is 16.5. The number of nitrogens with one attached hydrogen (secondary N) is 1. The van der Waals surface area contributed by atoms with Gasteiger partial charge in [-0.3, -0.25) is 4.79 Å². The first-order valence-corrected chi connectivity index (χ1v) is 7.71. The number of carbonyl (C=O) groups is 1. The van der Waals surface area contributed by atoms with E-state index in [2.05, 4.69) is 10.3 Å². The Labute approximate surface area is 147 Å². The van der Waals surface area contributed by atoms with Crippen LogP contribution in [0.5, 0.6) is 17.2 Å². The Bertz CT molecular complexity index is 730. The van der Waals surface area contributed by atoms with Gasteiger partial charge in [0.2, 0.25) is 11.7 Å². The maximum absolute atomic E-state index is 12.3. The molecule has 0 aliphatic carbocycles. The monoisotopic (exact) mass is 345 g/mol. The topological polar surface area (TPSA) is 72.9 Å². The Balaban J connectivity index is 2.14. The van der Waals surface area contributed by atoms with Crippen LogP contribution in [0.2, 0.25) is 0 Å². The van der Waals surface area contributed by atoms with Gasteiger partial charge < -0.3 is 24.4 Å². The Morgan fingerprint density at radius 2 is 1.76 bits per heavy atom. The molecule has 0 saturated carbocycles. The van der Waals surface area contributed by atoms with Gasteiger partial charge in [0.25, 0.3) is 0 Å². The molecule has 0 aliphatic heterocycles. The molecule has 134 valence electrons. The standard InChI is InChI=1S/C18H23N3O4/c1-21(2)15-9-7-13(11-19-15)20-16(22)10-12-6-8-14(23-3)18(25-5)17(12)24-4/h6-9,11H,10H2,1-5H3,(H,20,22). The second-order valence-corrected chi connectivity index (χ2v) is 5.52. The maximum atomic E-state index is 12.3. The van der Waals surface area contributed by atoms with Crippen molar-refractivity contribution >= 4 is 17.4 Å². The molecule has 0 saturated heterocycles. The highest BCUT2D eigenvalue weighted by molar-refractivity contribution is 5.92. The summed E-state index contributed by atoms with van der Waals surface area (Å²) in [6.07, 6.45) is 1.76. The average molecular weight is 345 g/mol. The number of methoxy groups -OCH3 is 3. The van der Waals surface area contributed by atoms with Gasteiger partial charge in [0.05, 0.1) is 39.6 Å². The van der Waals surface area contributed by atoms with E-state index in [9.17, 15) is 4.79 Å². The van der Waals surface area contributed by atoms with E-state index >= 15 is 0 Å². The predicted octanol–water partition coefficient (Wildman–Crippen LogP) is 2.35. The summed E-state index contributed by atoms with van der Waals surface area (Å²) in [5, 5.41) is 2.83. The van der Waals surface area contributed by atoms with Crippen LogP contribution in [0.1, 0.15) is 5.56 Å². The molecule has 7 nitrogen and oxygen atoms in total. The molecule has 0 atom stereocenters. The van der Waals surface area contributed by atoms with Crippen molar-refractivity contribution in [1.29, 1.82) is 0 Å². The van der Waals surface area contributed by atoms with Crippen LogP contribution in [-0.4, -0.2) is 46.3 Å². The van der Waals surface area contributed by atoms with E-state index in [1.807, 2.05) is 31.1 Å². The van der Waals surface area contributed by atoms with Crippen LogP contribution < -0.4 is 24.4 Å². The number of rotatable bonds is 7. The number of amides is 1. The normalized spacial score (nSPS) is 10.1. The molecule has 1 aromatic carbocycles. The molecule has 1 heterocycles. The van der Waals surface area contributed by atoms with Crippen molar-refractivity contribution in [1.82, 2.24) is 4.98 Å². The Morgan fingerprint density at radius 1 is 1.04 bits per heavy atom. The minimum atomic E-state index is -0.176. The number of hydrogen-bond donors (Lipinski definition) is 1. The predicted molar refractivity (Wildman–Crippen MR) is 97.0 cm³/mol. The molecule has 0 aliphatic rings. The van der Waals surface area contributed by atoms with Crippen molar-refractivity contribution in [3.63, 3.8) is 0 Å². The van der Waals surface area contributed by atoms with Crippen LogP contribution in [0, 0.1) is 0 Å². The summed E-state index contributed by atoms with van der Waals surface area (Å²) in [5.41, 5.74) is 1.34. The summed E-state index contributed by atoms with van der Waals surface area (Å²) in [5.74, 6) is 2.14. The Morgan fingerprint density at radius 3 is 2.28 bits per heavy atom. The van der Waals surface area contributed by atoms with Crippen LogP contribution in [0.15, 0.2) is 30.5 Å². The number of aromatic nitrogens is 1. The largest absolute Gasteiger partial charge is 0.493 e. The summed E-state index contributed by atoms with van der Waals surface area (Å²) in [6, 6.07) is 7.18. The number of nitrogens with zero attached hydrogens (tertiary/aromatic N) is 2. The quantitative estimate of drug-likeness (QED) is 0.830. The van der Waals surface area contributed by atoms with Gasteiger partial charge in [-0.15, -0.1) is 0 Å². The van der Waals surface area contributed by atoms with Crippen LogP contribution >= 0.6 is 0 Å². The zero-order valence-corrected chi connectivity index (χ0v) is 15.1. The lowest BCUT2D eigenvalue weighted by Gasteiger charge is -2.16. The maximum Gasteiger partial charge on any atom is 0.228 e. The van der Waals surface area contributed by atoms with Gasteiger partial charge in [0, 0.05) is 19.7 Å². The number of anilines is 2. The lowest BCUT2D eigenvalue weighted by atomic mass is 10.1. The summed E-state index contributed by atoms with van der Waals surface area (Å²) in [4.78, 5) is 18.5. The zero-order valence-electron chi connectivity index (χ0n) is 15.1. The van der Waals surface area contributed by atoms with E-state index in [0.717, 1.165) is 5.82 Å². The molecule has 0 bridgehead atoms. The first-order chi connectivity index (χ1) is 12.0. The molecule has 7 heteroatoms. The summed E-state index contributed by atoms with van der Waals surface area (Å²) in [6.45, 7) is 0. The molecule has 1 aromatic heterocycles. The fourth-order valence-electron chi connectivity index (χ4n) is 2.41. The fourth-order valence-corrected chi connectivity index (χ4v) is 2.41. The first kappa shape index (κ1) is 18.4. The van der Waals surface area contributed by atoms with Crippen molar-refractivity contribution in [2.75, 3.05) is 45.6 Å². The zero-order chi connectivity index (χ0) is 18.4. The molecular weight excluding hydrogens is 322 g/mol. The van der Waals surface area contributed by atoms with Crippen molar-refractivity contribution in [2.45, 2.75) is 6.42 Å². The van der Waals surface area contributed by atoms with E-state index < -0.39 is 0 Å².